The zero-order chi connectivity index (χ0) is 25.0. The molecule has 1 aliphatic heterocycles. The molecule has 0 fully saturated rings. The first-order chi connectivity index (χ1) is 15.3. The molecule has 3 rings (SSSR count). The van der Waals surface area contributed by atoms with Gasteiger partial charge in [-0.15, -0.1) is 0 Å². The summed E-state index contributed by atoms with van der Waals surface area (Å²) < 4.78 is 16.7. The first-order valence-electron chi connectivity index (χ1n) is 9.61. The zero-order valence-corrected chi connectivity index (χ0v) is 21.6. The highest BCUT2D eigenvalue weighted by Gasteiger charge is 2.36. The van der Waals surface area contributed by atoms with Crippen molar-refractivity contribution in [3.63, 3.8) is 0 Å². The number of carbonyl (C=O) groups is 2. The second-order valence-electron chi connectivity index (χ2n) is 7.59. The molecule has 1 N–H and O–H groups in total. The van der Waals surface area contributed by atoms with Gasteiger partial charge in [-0.05, 0) is 78.7 Å². The number of hydrogen-bond donors (Lipinski definition) is 1. The van der Waals surface area contributed by atoms with Crippen LogP contribution in [0.15, 0.2) is 33.5 Å². The summed E-state index contributed by atoms with van der Waals surface area (Å²) in [5.41, 5.74) is -2.17. The molecule has 13 heteroatoms. The van der Waals surface area contributed by atoms with E-state index in [0.29, 0.717) is 20.8 Å². The lowest BCUT2D eigenvalue weighted by Gasteiger charge is -2.30. The highest BCUT2D eigenvalue weighted by atomic mass is 79.9. The quantitative estimate of drug-likeness (QED) is 0.232. The van der Waals surface area contributed by atoms with Gasteiger partial charge in [-0.3, -0.25) is 4.79 Å². The maximum absolute atomic E-state index is 11.7. The minimum Gasteiger partial charge on any atom is -0.474 e. The van der Waals surface area contributed by atoms with Crippen LogP contribution >= 0.6 is 31.9 Å². The summed E-state index contributed by atoms with van der Waals surface area (Å²) >= 11 is 6.26. The molecule has 2 aromatic rings. The van der Waals surface area contributed by atoms with E-state index >= 15 is 0 Å². The molecule has 1 aliphatic rings. The van der Waals surface area contributed by atoms with Crippen molar-refractivity contribution in [1.82, 2.24) is 9.97 Å². The molecule has 11 nitrogen and oxygen atoms in total. The number of nitro groups is 1. The van der Waals surface area contributed by atoms with E-state index in [4.69, 9.17) is 14.2 Å². The molecule has 0 unspecified atom stereocenters. The van der Waals surface area contributed by atoms with Crippen molar-refractivity contribution in [3.8, 4) is 11.5 Å². The minimum atomic E-state index is -1.34. The molecule has 1 amide bonds. The van der Waals surface area contributed by atoms with Gasteiger partial charge in [0, 0.05) is 22.0 Å². The summed E-state index contributed by atoms with van der Waals surface area (Å²) in [4.78, 5) is 41.2. The molecule has 0 aromatic carbocycles. The van der Waals surface area contributed by atoms with Crippen LogP contribution in [0.4, 0.5) is 11.6 Å². The Morgan fingerprint density at radius 2 is 1.82 bits per heavy atom. The summed E-state index contributed by atoms with van der Waals surface area (Å²) in [6.07, 6.45) is 0. The Morgan fingerprint density at radius 3 is 2.42 bits per heavy atom. The lowest BCUT2D eigenvalue weighted by atomic mass is 10.1. The standard InChI is InChI=1S/C11H13BrN2O5.C9H9BrN2O2/c1-4-18-10(15)11(2,3)19-7-5-6-8(12)13-9(7)14(16)17;1-9(2)8(13)12-7-5(14-9)3-4-6(10)11-7/h5-6H,4H2,1-3H3;3-4H,1-2H3,(H,11,12,13). The van der Waals surface area contributed by atoms with Gasteiger partial charge in [0.05, 0.1) is 6.61 Å². The van der Waals surface area contributed by atoms with E-state index in [1.807, 2.05) is 0 Å². The fraction of sp³-hybridized carbons (Fsp3) is 0.400. The van der Waals surface area contributed by atoms with E-state index in [1.54, 1.807) is 32.9 Å². The Morgan fingerprint density at radius 1 is 1.21 bits per heavy atom. The summed E-state index contributed by atoms with van der Waals surface area (Å²) in [6.45, 7) is 8.23. The summed E-state index contributed by atoms with van der Waals surface area (Å²) in [5.74, 6) is -0.290. The molecule has 0 bridgehead atoms. The molecule has 2 aromatic heterocycles. The van der Waals surface area contributed by atoms with Crippen molar-refractivity contribution in [1.29, 1.82) is 0 Å². The number of esters is 1. The number of pyridine rings is 2. The van der Waals surface area contributed by atoms with Gasteiger partial charge in [-0.2, -0.15) is 0 Å². The highest BCUT2D eigenvalue weighted by molar-refractivity contribution is 9.10. The van der Waals surface area contributed by atoms with E-state index < -0.39 is 27.9 Å². The summed E-state index contributed by atoms with van der Waals surface area (Å²) in [7, 11) is 0. The number of ether oxygens (including phenoxy) is 3. The Kier molecular flexibility index (Phi) is 8.36. The third-order valence-corrected chi connectivity index (χ3v) is 4.96. The maximum atomic E-state index is 11.7. The first-order valence-corrected chi connectivity index (χ1v) is 11.2. The fourth-order valence-electron chi connectivity index (χ4n) is 2.42. The van der Waals surface area contributed by atoms with Gasteiger partial charge in [0.15, 0.2) is 17.2 Å². The van der Waals surface area contributed by atoms with Crippen LogP contribution in [0.1, 0.15) is 34.6 Å². The molecule has 33 heavy (non-hydrogen) atoms. The second kappa shape index (κ2) is 10.4. The van der Waals surface area contributed by atoms with Crippen LogP contribution in [0.5, 0.6) is 11.5 Å². The number of halogens is 2. The third-order valence-electron chi connectivity index (χ3n) is 4.08. The normalized spacial score (nSPS) is 14.0. The van der Waals surface area contributed by atoms with Gasteiger partial charge >= 0.3 is 11.8 Å². The molecule has 178 valence electrons. The number of aromatic nitrogens is 2. The predicted molar refractivity (Wildman–Crippen MR) is 125 cm³/mol. The van der Waals surface area contributed by atoms with Crippen molar-refractivity contribution in [3.05, 3.63) is 43.6 Å². The Hall–Kier alpha value is -2.80. The number of nitrogens with one attached hydrogen (secondary N) is 1. The van der Waals surface area contributed by atoms with Crippen LogP contribution in [0.2, 0.25) is 0 Å². The van der Waals surface area contributed by atoms with Crippen LogP contribution in [0.25, 0.3) is 0 Å². The largest absolute Gasteiger partial charge is 0.474 e. The van der Waals surface area contributed by atoms with E-state index in [1.165, 1.54) is 26.0 Å². The third kappa shape index (κ3) is 6.84. The van der Waals surface area contributed by atoms with Gasteiger partial charge < -0.3 is 29.6 Å². The van der Waals surface area contributed by atoms with Crippen LogP contribution < -0.4 is 14.8 Å². The van der Waals surface area contributed by atoms with Crippen LogP contribution in [0, 0.1) is 10.1 Å². The van der Waals surface area contributed by atoms with Gasteiger partial charge in [0.2, 0.25) is 16.0 Å². The van der Waals surface area contributed by atoms with E-state index in [9.17, 15) is 19.7 Å². The molecule has 0 aliphatic carbocycles. The predicted octanol–water partition coefficient (Wildman–Crippen LogP) is 4.43. The molecule has 0 radical (unpaired) electrons. The smallest absolute Gasteiger partial charge is 0.407 e. The Labute approximate surface area is 206 Å². The van der Waals surface area contributed by atoms with Crippen LogP contribution in [-0.2, 0) is 14.3 Å². The number of hydrogen-bond acceptors (Lipinski definition) is 9. The number of carbonyl (C=O) groups excluding carboxylic acids is 2. The minimum absolute atomic E-state index is 0.0914. The average molecular weight is 590 g/mol. The van der Waals surface area contributed by atoms with Gasteiger partial charge in [-0.25, -0.2) is 9.78 Å². The number of amides is 1. The number of rotatable bonds is 5. The van der Waals surface area contributed by atoms with Crippen LogP contribution in [-0.4, -0.2) is 44.6 Å². The second-order valence-corrected chi connectivity index (χ2v) is 9.22. The lowest BCUT2D eigenvalue weighted by molar-refractivity contribution is -0.391. The summed E-state index contributed by atoms with van der Waals surface area (Å²) in [6, 6.07) is 6.40. The molecule has 0 saturated heterocycles. The molecule has 3 heterocycles. The monoisotopic (exact) mass is 588 g/mol. The van der Waals surface area contributed by atoms with Crippen molar-refractivity contribution in [2.45, 2.75) is 45.8 Å². The van der Waals surface area contributed by atoms with E-state index in [-0.39, 0.29) is 18.3 Å². The molecule has 0 atom stereocenters. The van der Waals surface area contributed by atoms with Gasteiger partial charge in [0.25, 0.3) is 5.91 Å². The Balaban J connectivity index is 0.000000243. The van der Waals surface area contributed by atoms with Crippen LogP contribution in [0.3, 0.4) is 0 Å². The maximum Gasteiger partial charge on any atom is 0.407 e. The van der Waals surface area contributed by atoms with Gasteiger partial charge in [-0.1, -0.05) is 0 Å². The van der Waals surface area contributed by atoms with Crippen molar-refractivity contribution < 1.29 is 28.7 Å². The average Bonchev–Trinajstić information content (AvgIpc) is 2.71. The van der Waals surface area contributed by atoms with Crippen molar-refractivity contribution in [2.24, 2.45) is 0 Å². The lowest BCUT2D eigenvalue weighted by Crippen LogP contribution is -2.45. The number of anilines is 1. The molecular weight excluding hydrogens is 568 g/mol. The van der Waals surface area contributed by atoms with Crippen molar-refractivity contribution in [2.75, 3.05) is 11.9 Å². The molecule has 0 spiro atoms. The Bertz CT molecular complexity index is 1080. The highest BCUT2D eigenvalue weighted by Crippen LogP contribution is 2.33. The summed E-state index contributed by atoms with van der Waals surface area (Å²) in [5, 5.41) is 13.6. The number of nitrogens with zero attached hydrogens (tertiary/aromatic N) is 3. The van der Waals surface area contributed by atoms with Gasteiger partial charge in [0.1, 0.15) is 4.60 Å². The van der Waals surface area contributed by atoms with Crippen molar-refractivity contribution >= 4 is 55.4 Å². The van der Waals surface area contributed by atoms with E-state index in [0.717, 1.165) is 0 Å². The topological polar surface area (TPSA) is 143 Å². The number of fused-ring (bicyclic) bond motifs is 1. The zero-order valence-electron chi connectivity index (χ0n) is 18.5. The first kappa shape index (κ1) is 26.5. The van der Waals surface area contributed by atoms with E-state index in [2.05, 4.69) is 47.1 Å². The molecular formula is C20H22Br2N4O7. The SMILES string of the molecule is CC1(C)Oc2ccc(Br)nc2NC1=O.CCOC(=O)C(C)(C)Oc1ccc(Br)nc1[N+](=O)[O-]. The fourth-order valence-corrected chi connectivity index (χ4v) is 3.03. The molecule has 0 saturated carbocycles.